The van der Waals surface area contributed by atoms with Crippen LogP contribution in [0.1, 0.15) is 35.1 Å². The minimum absolute atomic E-state index is 0.226. The molecule has 0 amide bonds. The van der Waals surface area contributed by atoms with E-state index in [0.29, 0.717) is 16.5 Å². The van der Waals surface area contributed by atoms with Crippen molar-refractivity contribution in [2.45, 2.75) is 18.8 Å². The Bertz CT molecular complexity index is 343. The number of esters is 1. The molecule has 2 rings (SSSR count). The molecule has 0 N–H and O–H groups in total. The van der Waals surface area contributed by atoms with E-state index in [2.05, 4.69) is 25.7 Å². The van der Waals surface area contributed by atoms with Crippen LogP contribution >= 0.6 is 15.9 Å². The number of carbonyl (C=O) groups is 1. The molecule has 13 heavy (non-hydrogen) atoms. The Kier molecular flexibility index (Phi) is 2.11. The third-order valence-corrected chi connectivity index (χ3v) is 2.45. The van der Waals surface area contributed by atoms with Gasteiger partial charge in [0, 0.05) is 5.92 Å². The first-order valence-corrected chi connectivity index (χ1v) is 4.76. The van der Waals surface area contributed by atoms with E-state index in [4.69, 9.17) is 4.42 Å². The van der Waals surface area contributed by atoms with Gasteiger partial charge >= 0.3 is 5.97 Å². The predicted octanol–water partition coefficient (Wildman–Crippen LogP) is 2.10. The molecule has 4 nitrogen and oxygen atoms in total. The Morgan fingerprint density at radius 1 is 1.69 bits per heavy atom. The van der Waals surface area contributed by atoms with Crippen molar-refractivity contribution in [3.05, 3.63) is 16.3 Å². The van der Waals surface area contributed by atoms with Gasteiger partial charge in [0.05, 0.1) is 7.11 Å². The molecule has 1 aromatic rings. The summed E-state index contributed by atoms with van der Waals surface area (Å²) in [7, 11) is 1.32. The maximum absolute atomic E-state index is 11.1. The molecule has 0 aromatic carbocycles. The minimum atomic E-state index is -0.470. The first kappa shape index (κ1) is 8.74. The smallest absolute Gasteiger partial charge is 0.361 e. The zero-order valence-electron chi connectivity index (χ0n) is 7.04. The maximum Gasteiger partial charge on any atom is 0.361 e. The number of halogens is 1. The SMILES string of the molecule is COC(=O)c1nc(C2CC2)oc1Br. The lowest BCUT2D eigenvalue weighted by Crippen LogP contribution is -2.02. The van der Waals surface area contributed by atoms with Crippen molar-refractivity contribution >= 4 is 21.9 Å². The van der Waals surface area contributed by atoms with Gasteiger partial charge < -0.3 is 9.15 Å². The average Bonchev–Trinajstić information content (AvgIpc) is 2.89. The molecule has 5 heteroatoms. The number of oxazole rings is 1. The van der Waals surface area contributed by atoms with Gasteiger partial charge in [-0.05, 0) is 28.8 Å². The van der Waals surface area contributed by atoms with E-state index < -0.39 is 5.97 Å². The number of nitrogens with zero attached hydrogens (tertiary/aromatic N) is 1. The van der Waals surface area contributed by atoms with Crippen LogP contribution in [-0.4, -0.2) is 18.1 Å². The normalized spacial score (nSPS) is 15.8. The second kappa shape index (κ2) is 3.14. The lowest BCUT2D eigenvalue weighted by Gasteiger charge is -1.90. The van der Waals surface area contributed by atoms with Gasteiger partial charge in [-0.25, -0.2) is 9.78 Å². The highest BCUT2D eigenvalue weighted by atomic mass is 79.9. The highest BCUT2D eigenvalue weighted by molar-refractivity contribution is 9.10. The lowest BCUT2D eigenvalue weighted by atomic mass is 10.4. The molecule has 1 heterocycles. The second-order valence-electron chi connectivity index (χ2n) is 2.94. The largest absolute Gasteiger partial charge is 0.464 e. The third kappa shape index (κ3) is 1.60. The van der Waals surface area contributed by atoms with Crippen LogP contribution in [0.5, 0.6) is 0 Å². The second-order valence-corrected chi connectivity index (χ2v) is 3.66. The number of rotatable bonds is 2. The Morgan fingerprint density at radius 3 is 2.92 bits per heavy atom. The van der Waals surface area contributed by atoms with Crippen LogP contribution in [0.4, 0.5) is 0 Å². The first-order chi connectivity index (χ1) is 6.22. The molecule has 0 spiro atoms. The Morgan fingerprint density at radius 2 is 2.38 bits per heavy atom. The van der Waals surface area contributed by atoms with Crippen molar-refractivity contribution in [3.63, 3.8) is 0 Å². The van der Waals surface area contributed by atoms with Gasteiger partial charge in [-0.3, -0.25) is 0 Å². The minimum Gasteiger partial charge on any atom is -0.464 e. The lowest BCUT2D eigenvalue weighted by molar-refractivity contribution is 0.0592. The Balaban J connectivity index is 2.29. The highest BCUT2D eigenvalue weighted by Crippen LogP contribution is 2.40. The van der Waals surface area contributed by atoms with E-state index in [9.17, 15) is 4.79 Å². The topological polar surface area (TPSA) is 52.3 Å². The van der Waals surface area contributed by atoms with Crippen LogP contribution in [0.15, 0.2) is 9.09 Å². The van der Waals surface area contributed by atoms with E-state index >= 15 is 0 Å². The highest BCUT2D eigenvalue weighted by Gasteiger charge is 2.31. The van der Waals surface area contributed by atoms with E-state index in [1.165, 1.54) is 7.11 Å². The third-order valence-electron chi connectivity index (χ3n) is 1.91. The number of carbonyl (C=O) groups excluding carboxylic acids is 1. The van der Waals surface area contributed by atoms with Gasteiger partial charge in [0.25, 0.3) is 0 Å². The molecular formula is C8H8BrNO3. The van der Waals surface area contributed by atoms with Gasteiger partial charge in [-0.2, -0.15) is 0 Å². The summed E-state index contributed by atoms with van der Waals surface area (Å²) in [6.07, 6.45) is 2.18. The maximum atomic E-state index is 11.1. The fourth-order valence-corrected chi connectivity index (χ4v) is 1.46. The van der Waals surface area contributed by atoms with Gasteiger partial charge in [-0.15, -0.1) is 0 Å². The number of hydrogen-bond donors (Lipinski definition) is 0. The van der Waals surface area contributed by atoms with Crippen LogP contribution < -0.4 is 0 Å². The zero-order valence-corrected chi connectivity index (χ0v) is 8.63. The van der Waals surface area contributed by atoms with Gasteiger partial charge in [-0.1, -0.05) is 0 Å². The molecule has 0 aliphatic heterocycles. The summed E-state index contributed by atoms with van der Waals surface area (Å²) in [6.45, 7) is 0. The number of ether oxygens (including phenoxy) is 1. The fourth-order valence-electron chi connectivity index (χ4n) is 1.04. The standard InChI is InChI=1S/C8H8BrNO3/c1-12-8(11)5-6(9)13-7(10-5)4-2-3-4/h4H,2-3H2,1H3. The summed E-state index contributed by atoms with van der Waals surface area (Å²) in [6, 6.07) is 0. The molecule has 70 valence electrons. The van der Waals surface area contributed by atoms with Crippen molar-refractivity contribution in [2.24, 2.45) is 0 Å². The van der Waals surface area contributed by atoms with Crippen molar-refractivity contribution in [3.8, 4) is 0 Å². The molecule has 0 bridgehead atoms. The average molecular weight is 246 g/mol. The van der Waals surface area contributed by atoms with E-state index in [0.717, 1.165) is 12.8 Å². The van der Waals surface area contributed by atoms with E-state index in [1.807, 2.05) is 0 Å². The quantitative estimate of drug-likeness (QED) is 0.750. The van der Waals surface area contributed by atoms with Gasteiger partial charge in [0.15, 0.2) is 5.89 Å². The molecule has 1 saturated carbocycles. The van der Waals surface area contributed by atoms with Gasteiger partial charge in [0.1, 0.15) is 0 Å². The van der Waals surface area contributed by atoms with Crippen molar-refractivity contribution < 1.29 is 13.9 Å². The van der Waals surface area contributed by atoms with Crippen LogP contribution in [0.3, 0.4) is 0 Å². The molecular weight excluding hydrogens is 238 g/mol. The van der Waals surface area contributed by atoms with Crippen LogP contribution in [0.2, 0.25) is 0 Å². The predicted molar refractivity (Wildman–Crippen MR) is 47.5 cm³/mol. The number of methoxy groups -OCH3 is 1. The molecule has 0 unspecified atom stereocenters. The summed E-state index contributed by atoms with van der Waals surface area (Å²) >= 11 is 3.12. The molecule has 1 aromatic heterocycles. The monoisotopic (exact) mass is 245 g/mol. The van der Waals surface area contributed by atoms with Crippen molar-refractivity contribution in [2.75, 3.05) is 7.11 Å². The van der Waals surface area contributed by atoms with Crippen molar-refractivity contribution in [1.29, 1.82) is 0 Å². The van der Waals surface area contributed by atoms with E-state index in [-0.39, 0.29) is 5.69 Å². The van der Waals surface area contributed by atoms with Crippen LogP contribution in [0.25, 0.3) is 0 Å². The molecule has 0 atom stereocenters. The molecule has 1 aliphatic carbocycles. The summed E-state index contributed by atoms with van der Waals surface area (Å²) < 4.78 is 10.2. The van der Waals surface area contributed by atoms with E-state index in [1.54, 1.807) is 0 Å². The number of aromatic nitrogens is 1. The Labute approximate surface area is 83.4 Å². The zero-order chi connectivity index (χ0) is 9.42. The summed E-state index contributed by atoms with van der Waals surface area (Å²) in [5, 5.41) is 0. The fraction of sp³-hybridized carbons (Fsp3) is 0.500. The molecule has 0 radical (unpaired) electrons. The van der Waals surface area contributed by atoms with Crippen molar-refractivity contribution in [1.82, 2.24) is 4.98 Å². The van der Waals surface area contributed by atoms with Gasteiger partial charge in [0.2, 0.25) is 10.4 Å². The molecule has 0 saturated heterocycles. The Hall–Kier alpha value is -0.840. The van der Waals surface area contributed by atoms with Crippen LogP contribution in [-0.2, 0) is 4.74 Å². The van der Waals surface area contributed by atoms with Crippen LogP contribution in [0, 0.1) is 0 Å². The summed E-state index contributed by atoms with van der Waals surface area (Å²) in [5.74, 6) is 0.560. The first-order valence-electron chi connectivity index (χ1n) is 3.97. The number of hydrogen-bond acceptors (Lipinski definition) is 4. The molecule has 1 fully saturated rings. The summed E-state index contributed by atoms with van der Waals surface area (Å²) in [5.41, 5.74) is 0.226. The summed E-state index contributed by atoms with van der Waals surface area (Å²) in [4.78, 5) is 15.2. The molecule has 1 aliphatic rings.